The van der Waals surface area contributed by atoms with Gasteiger partial charge in [0.1, 0.15) is 11.7 Å². The number of pyridine rings is 1. The number of nitrogens with zero attached hydrogens (tertiary/aromatic N) is 3. The summed E-state index contributed by atoms with van der Waals surface area (Å²) in [5.74, 6) is -0.182. The second-order valence-corrected chi connectivity index (χ2v) is 6.37. The summed E-state index contributed by atoms with van der Waals surface area (Å²) in [7, 11) is 1.64. The molecule has 6 heteroatoms. The van der Waals surface area contributed by atoms with Gasteiger partial charge in [-0.3, -0.25) is 19.5 Å². The largest absolute Gasteiger partial charge is 0.358 e. The summed E-state index contributed by atoms with van der Waals surface area (Å²) in [6.07, 6.45) is 2.49. The molecule has 0 radical (unpaired) electrons. The van der Waals surface area contributed by atoms with Gasteiger partial charge in [0.25, 0.3) is 5.91 Å². The second kappa shape index (κ2) is 8.58. The van der Waals surface area contributed by atoms with E-state index in [0.717, 1.165) is 13.0 Å². The predicted molar refractivity (Wildman–Crippen MR) is 99.7 cm³/mol. The van der Waals surface area contributed by atoms with Crippen LogP contribution in [0.15, 0.2) is 54.7 Å². The SMILES string of the molecule is CNC(=O)C1CN(C(=O)c2ccccn2)CCN1CCc1ccccc1. The van der Waals surface area contributed by atoms with Gasteiger partial charge in [-0.05, 0) is 24.1 Å². The Labute approximate surface area is 153 Å². The number of aromatic nitrogens is 1. The van der Waals surface area contributed by atoms with Crippen molar-refractivity contribution in [2.75, 3.05) is 33.2 Å². The summed E-state index contributed by atoms with van der Waals surface area (Å²) in [4.78, 5) is 33.1. The van der Waals surface area contributed by atoms with Crippen LogP contribution in [0.2, 0.25) is 0 Å². The van der Waals surface area contributed by atoms with Gasteiger partial charge in [-0.25, -0.2) is 0 Å². The number of hydrogen-bond donors (Lipinski definition) is 1. The van der Waals surface area contributed by atoms with Crippen LogP contribution in [0.4, 0.5) is 0 Å². The van der Waals surface area contributed by atoms with E-state index in [9.17, 15) is 9.59 Å². The molecule has 1 aliphatic rings. The van der Waals surface area contributed by atoms with Gasteiger partial charge in [0.05, 0.1) is 0 Å². The maximum Gasteiger partial charge on any atom is 0.272 e. The van der Waals surface area contributed by atoms with Crippen molar-refractivity contribution in [3.63, 3.8) is 0 Å². The van der Waals surface area contributed by atoms with Crippen molar-refractivity contribution in [3.8, 4) is 0 Å². The maximum absolute atomic E-state index is 12.7. The summed E-state index contributed by atoms with van der Waals surface area (Å²) in [6, 6.07) is 15.2. The van der Waals surface area contributed by atoms with Crippen molar-refractivity contribution in [1.82, 2.24) is 20.1 Å². The van der Waals surface area contributed by atoms with E-state index in [1.807, 2.05) is 18.2 Å². The number of piperazine rings is 1. The van der Waals surface area contributed by atoms with Crippen LogP contribution in [-0.4, -0.2) is 65.9 Å². The quantitative estimate of drug-likeness (QED) is 0.878. The van der Waals surface area contributed by atoms with Gasteiger partial charge < -0.3 is 10.2 Å². The monoisotopic (exact) mass is 352 g/mol. The van der Waals surface area contributed by atoms with E-state index in [4.69, 9.17) is 0 Å². The lowest BCUT2D eigenvalue weighted by Crippen LogP contribution is -2.60. The number of rotatable bonds is 5. The Kier molecular flexibility index (Phi) is 5.96. The lowest BCUT2D eigenvalue weighted by atomic mass is 10.1. The molecule has 0 saturated carbocycles. The zero-order chi connectivity index (χ0) is 18.4. The molecule has 0 bridgehead atoms. The number of nitrogens with one attached hydrogen (secondary N) is 1. The minimum absolute atomic E-state index is 0.0587. The average molecular weight is 352 g/mol. The molecule has 1 saturated heterocycles. The molecule has 1 aliphatic heterocycles. The van der Waals surface area contributed by atoms with Crippen LogP contribution in [0.5, 0.6) is 0 Å². The standard InChI is InChI=1S/C20H24N4O2/c1-21-19(25)18-15-24(20(26)17-9-5-6-11-22-17)14-13-23(18)12-10-16-7-3-2-4-8-16/h2-9,11,18H,10,12-15H2,1H3,(H,21,25). The fourth-order valence-corrected chi connectivity index (χ4v) is 3.26. The highest BCUT2D eigenvalue weighted by molar-refractivity contribution is 5.93. The molecule has 2 heterocycles. The van der Waals surface area contributed by atoms with E-state index in [1.165, 1.54) is 5.56 Å². The van der Waals surface area contributed by atoms with Crippen LogP contribution in [0.3, 0.4) is 0 Å². The highest BCUT2D eigenvalue weighted by Crippen LogP contribution is 2.14. The zero-order valence-corrected chi connectivity index (χ0v) is 15.0. The predicted octanol–water partition coefficient (Wildman–Crippen LogP) is 1.20. The van der Waals surface area contributed by atoms with Crippen LogP contribution in [0.25, 0.3) is 0 Å². The number of hydrogen-bond acceptors (Lipinski definition) is 4. The Balaban J connectivity index is 1.67. The zero-order valence-electron chi connectivity index (χ0n) is 15.0. The van der Waals surface area contributed by atoms with Gasteiger partial charge in [-0.15, -0.1) is 0 Å². The summed E-state index contributed by atoms with van der Waals surface area (Å²) in [6.45, 7) is 2.43. The third-order valence-electron chi connectivity index (χ3n) is 4.74. The molecule has 1 fully saturated rings. The molecule has 1 aromatic carbocycles. The first-order valence-corrected chi connectivity index (χ1v) is 8.89. The molecule has 2 aromatic rings. The van der Waals surface area contributed by atoms with Crippen LogP contribution in [0, 0.1) is 0 Å². The number of amides is 2. The van der Waals surface area contributed by atoms with Crippen LogP contribution in [-0.2, 0) is 11.2 Å². The molecule has 2 amide bonds. The normalized spacial score (nSPS) is 17.7. The molecule has 1 N–H and O–H groups in total. The molecule has 0 spiro atoms. The van der Waals surface area contributed by atoms with E-state index < -0.39 is 0 Å². The lowest BCUT2D eigenvalue weighted by molar-refractivity contribution is -0.127. The topological polar surface area (TPSA) is 65.5 Å². The van der Waals surface area contributed by atoms with Gasteiger partial charge in [-0.1, -0.05) is 36.4 Å². The first kappa shape index (κ1) is 18.1. The van der Waals surface area contributed by atoms with E-state index in [2.05, 4.69) is 27.3 Å². The Bertz CT molecular complexity index is 736. The van der Waals surface area contributed by atoms with E-state index in [-0.39, 0.29) is 17.9 Å². The third-order valence-corrected chi connectivity index (χ3v) is 4.74. The Morgan fingerprint density at radius 2 is 1.88 bits per heavy atom. The van der Waals surface area contributed by atoms with E-state index in [0.29, 0.717) is 25.3 Å². The van der Waals surface area contributed by atoms with Gasteiger partial charge in [0.2, 0.25) is 5.91 Å². The van der Waals surface area contributed by atoms with E-state index in [1.54, 1.807) is 36.3 Å². The number of carbonyl (C=O) groups excluding carboxylic acids is 2. The van der Waals surface area contributed by atoms with Crippen molar-refractivity contribution in [3.05, 3.63) is 66.0 Å². The van der Waals surface area contributed by atoms with Crippen molar-refractivity contribution >= 4 is 11.8 Å². The first-order chi connectivity index (χ1) is 12.7. The van der Waals surface area contributed by atoms with Crippen molar-refractivity contribution < 1.29 is 9.59 Å². The molecule has 6 nitrogen and oxygen atoms in total. The minimum Gasteiger partial charge on any atom is -0.358 e. The van der Waals surface area contributed by atoms with Crippen molar-refractivity contribution in [2.24, 2.45) is 0 Å². The molecule has 1 atom stereocenters. The molecule has 1 aromatic heterocycles. The van der Waals surface area contributed by atoms with Crippen LogP contribution < -0.4 is 5.32 Å². The van der Waals surface area contributed by atoms with Crippen molar-refractivity contribution in [1.29, 1.82) is 0 Å². The Morgan fingerprint density at radius 3 is 2.58 bits per heavy atom. The second-order valence-electron chi connectivity index (χ2n) is 6.37. The molecule has 0 aliphatic carbocycles. The van der Waals surface area contributed by atoms with E-state index >= 15 is 0 Å². The minimum atomic E-state index is -0.342. The number of likely N-dealkylation sites (N-methyl/N-ethyl adjacent to an activating group) is 1. The fraction of sp³-hybridized carbons (Fsp3) is 0.350. The summed E-state index contributed by atoms with van der Waals surface area (Å²) in [5, 5.41) is 2.73. The van der Waals surface area contributed by atoms with Crippen LogP contribution in [0.1, 0.15) is 16.1 Å². The highest BCUT2D eigenvalue weighted by Gasteiger charge is 2.34. The van der Waals surface area contributed by atoms with Gasteiger partial charge >= 0.3 is 0 Å². The summed E-state index contributed by atoms with van der Waals surface area (Å²) >= 11 is 0. The molecular weight excluding hydrogens is 328 g/mol. The van der Waals surface area contributed by atoms with Gasteiger partial charge in [0.15, 0.2) is 0 Å². The molecule has 26 heavy (non-hydrogen) atoms. The number of benzene rings is 1. The Hall–Kier alpha value is -2.73. The van der Waals surface area contributed by atoms with Gasteiger partial charge in [0, 0.05) is 39.4 Å². The molecule has 3 rings (SSSR count). The third kappa shape index (κ3) is 4.26. The lowest BCUT2D eigenvalue weighted by Gasteiger charge is -2.40. The smallest absolute Gasteiger partial charge is 0.272 e. The maximum atomic E-state index is 12.7. The summed E-state index contributed by atoms with van der Waals surface area (Å²) < 4.78 is 0. The van der Waals surface area contributed by atoms with Crippen molar-refractivity contribution in [2.45, 2.75) is 12.5 Å². The molecular formula is C20H24N4O2. The molecule has 136 valence electrons. The van der Waals surface area contributed by atoms with Crippen LogP contribution >= 0.6 is 0 Å². The number of carbonyl (C=O) groups is 2. The first-order valence-electron chi connectivity index (χ1n) is 8.89. The molecule has 1 unspecified atom stereocenters. The summed E-state index contributed by atoms with van der Waals surface area (Å²) in [5.41, 5.74) is 1.66. The Morgan fingerprint density at radius 1 is 1.12 bits per heavy atom. The average Bonchev–Trinajstić information content (AvgIpc) is 2.72. The highest BCUT2D eigenvalue weighted by atomic mass is 16.2. The van der Waals surface area contributed by atoms with Gasteiger partial charge in [-0.2, -0.15) is 0 Å². The fourth-order valence-electron chi connectivity index (χ4n) is 3.26.